The highest BCUT2D eigenvalue weighted by molar-refractivity contribution is 7.89. The van der Waals surface area contributed by atoms with E-state index in [-0.39, 0.29) is 28.6 Å². The third-order valence-electron chi connectivity index (χ3n) is 7.03. The molecule has 1 aliphatic heterocycles. The van der Waals surface area contributed by atoms with Crippen LogP contribution in [0.2, 0.25) is 0 Å². The lowest BCUT2D eigenvalue weighted by Gasteiger charge is -2.37. The first-order valence-corrected chi connectivity index (χ1v) is 15.6. The van der Waals surface area contributed by atoms with Crippen LogP contribution in [0.25, 0.3) is 11.1 Å². The molecule has 0 spiro atoms. The van der Waals surface area contributed by atoms with Gasteiger partial charge in [-0.15, -0.1) is 0 Å². The third kappa shape index (κ3) is 6.01. The molecule has 0 saturated heterocycles. The van der Waals surface area contributed by atoms with Crippen LogP contribution in [0.5, 0.6) is 11.5 Å². The fourth-order valence-corrected chi connectivity index (χ4v) is 7.58. The molecule has 3 aromatic carbocycles. The highest BCUT2D eigenvalue weighted by atomic mass is 32.2. The van der Waals surface area contributed by atoms with Crippen LogP contribution >= 0.6 is 0 Å². The molecule has 12 heteroatoms. The van der Waals surface area contributed by atoms with E-state index >= 15 is 0 Å². The zero-order valence-electron chi connectivity index (χ0n) is 22.7. The maximum Gasteiger partial charge on any atom is 0.247 e. The lowest BCUT2D eigenvalue weighted by molar-refractivity contribution is 0.0905. The van der Waals surface area contributed by atoms with Crippen LogP contribution in [0, 0.1) is 11.7 Å². The van der Waals surface area contributed by atoms with Gasteiger partial charge in [-0.1, -0.05) is 25.1 Å². The third-order valence-corrected chi connectivity index (χ3v) is 10.9. The van der Waals surface area contributed by atoms with Gasteiger partial charge in [0.1, 0.15) is 28.3 Å². The molecule has 40 heavy (non-hydrogen) atoms. The highest BCUT2D eigenvalue weighted by Crippen LogP contribution is 2.37. The molecule has 4 rings (SSSR count). The number of aliphatic hydroxyl groups is 1. The molecule has 9 nitrogen and oxygen atoms in total. The molecule has 3 atom stereocenters. The zero-order valence-corrected chi connectivity index (χ0v) is 24.3. The predicted octanol–water partition coefficient (Wildman–Crippen LogP) is 3.59. The van der Waals surface area contributed by atoms with Crippen molar-refractivity contribution in [2.75, 3.05) is 33.9 Å². The number of hydrogen-bond donors (Lipinski definition) is 1. The normalized spacial score (nSPS) is 20.2. The number of methoxy groups -OCH3 is 1. The van der Waals surface area contributed by atoms with Crippen molar-refractivity contribution in [3.05, 3.63) is 72.5 Å². The molecule has 1 N–H and O–H groups in total. The van der Waals surface area contributed by atoms with Crippen molar-refractivity contribution in [1.82, 2.24) is 8.61 Å². The van der Waals surface area contributed by atoms with Crippen molar-refractivity contribution in [2.24, 2.45) is 5.92 Å². The molecule has 0 bridgehead atoms. The molecular formula is C28H33FN2O7S2. The van der Waals surface area contributed by atoms with Crippen molar-refractivity contribution in [2.45, 2.75) is 35.8 Å². The number of hydrogen-bond acceptors (Lipinski definition) is 7. The fourth-order valence-electron chi connectivity index (χ4n) is 4.57. The minimum Gasteiger partial charge on any atom is -0.497 e. The Morgan fingerprint density at radius 3 is 2.42 bits per heavy atom. The van der Waals surface area contributed by atoms with Crippen LogP contribution in [0.1, 0.15) is 13.8 Å². The Morgan fingerprint density at radius 2 is 1.80 bits per heavy atom. The molecule has 1 heterocycles. The van der Waals surface area contributed by atoms with Gasteiger partial charge in [0.05, 0.1) is 25.2 Å². The minimum absolute atomic E-state index is 0.00373. The Hall–Kier alpha value is -3.03. The number of ether oxygens (including phenoxy) is 2. The van der Waals surface area contributed by atoms with Gasteiger partial charge in [0.15, 0.2) is 0 Å². The number of rotatable bonds is 8. The van der Waals surface area contributed by atoms with E-state index in [2.05, 4.69) is 0 Å². The summed E-state index contributed by atoms with van der Waals surface area (Å²) in [5.41, 5.74) is 1.05. The molecule has 0 saturated carbocycles. The van der Waals surface area contributed by atoms with Crippen molar-refractivity contribution in [3.8, 4) is 22.6 Å². The molecule has 0 unspecified atom stereocenters. The number of nitrogens with zero attached hydrogens (tertiary/aromatic N) is 2. The Labute approximate surface area is 234 Å². The standard InChI is InChI=1S/C28H33FN2O7S2/c1-19-16-31(20(2)18-32)40(35,36)28-13-8-22(21-6-5-7-23(29)14-21)15-26(28)38-27(19)17-30(3)39(33,34)25-11-9-24(37-4)10-12-25/h5-15,19-20,27,32H,16-18H2,1-4H3/t19-,20+,27+/m0/s1. The topological polar surface area (TPSA) is 113 Å². The van der Waals surface area contributed by atoms with Crippen LogP contribution in [-0.2, 0) is 20.0 Å². The summed E-state index contributed by atoms with van der Waals surface area (Å²) in [6.07, 6.45) is -0.761. The molecule has 0 amide bonds. The van der Waals surface area contributed by atoms with Gasteiger partial charge in [-0.3, -0.25) is 0 Å². The van der Waals surface area contributed by atoms with E-state index in [1.807, 2.05) is 0 Å². The lowest BCUT2D eigenvalue weighted by Crippen LogP contribution is -2.50. The minimum atomic E-state index is -4.09. The Bertz CT molecular complexity index is 1560. The number of likely N-dealkylation sites (N-methyl/N-ethyl adjacent to an activating group) is 1. The summed E-state index contributed by atoms with van der Waals surface area (Å²) in [7, 11) is -5.09. The Balaban J connectivity index is 1.76. The summed E-state index contributed by atoms with van der Waals surface area (Å²) in [4.78, 5) is -0.0493. The van der Waals surface area contributed by atoms with Crippen molar-refractivity contribution in [1.29, 1.82) is 0 Å². The number of halogens is 1. The summed E-state index contributed by atoms with van der Waals surface area (Å²) >= 11 is 0. The first-order valence-electron chi connectivity index (χ1n) is 12.7. The summed E-state index contributed by atoms with van der Waals surface area (Å²) in [6, 6.07) is 15.6. The van der Waals surface area contributed by atoms with Gasteiger partial charge in [0, 0.05) is 25.6 Å². The van der Waals surface area contributed by atoms with Gasteiger partial charge < -0.3 is 14.6 Å². The highest BCUT2D eigenvalue weighted by Gasteiger charge is 2.39. The second-order valence-corrected chi connectivity index (χ2v) is 13.8. The summed E-state index contributed by atoms with van der Waals surface area (Å²) in [5.74, 6) is -0.381. The number of aliphatic hydroxyl groups excluding tert-OH is 1. The number of fused-ring (bicyclic) bond motifs is 1. The van der Waals surface area contributed by atoms with E-state index in [0.29, 0.717) is 16.9 Å². The average molecular weight is 593 g/mol. The van der Waals surface area contributed by atoms with E-state index in [1.54, 1.807) is 44.2 Å². The second-order valence-electron chi connectivity index (χ2n) is 9.87. The van der Waals surface area contributed by atoms with Gasteiger partial charge >= 0.3 is 0 Å². The maximum atomic E-state index is 13.9. The van der Waals surface area contributed by atoms with Gasteiger partial charge in [-0.25, -0.2) is 21.2 Å². The van der Waals surface area contributed by atoms with Crippen molar-refractivity contribution >= 4 is 20.0 Å². The Morgan fingerprint density at radius 1 is 1.12 bits per heavy atom. The Kier molecular flexibility index (Phi) is 8.86. The molecule has 1 aliphatic rings. The van der Waals surface area contributed by atoms with Crippen LogP contribution in [0.15, 0.2) is 76.5 Å². The molecule has 3 aromatic rings. The monoisotopic (exact) mass is 592 g/mol. The first-order chi connectivity index (χ1) is 18.9. The number of benzene rings is 3. The molecule has 0 aromatic heterocycles. The summed E-state index contributed by atoms with van der Waals surface area (Å²) in [6.45, 7) is 2.88. The van der Waals surface area contributed by atoms with Crippen LogP contribution in [-0.4, -0.2) is 76.6 Å². The summed E-state index contributed by atoms with van der Waals surface area (Å²) in [5, 5.41) is 9.85. The summed E-state index contributed by atoms with van der Waals surface area (Å²) < 4.78 is 81.9. The molecule has 0 aliphatic carbocycles. The predicted molar refractivity (Wildman–Crippen MR) is 149 cm³/mol. The van der Waals surface area contributed by atoms with Gasteiger partial charge in [-0.05, 0) is 66.6 Å². The molecule has 216 valence electrons. The van der Waals surface area contributed by atoms with Gasteiger partial charge in [0.25, 0.3) is 0 Å². The van der Waals surface area contributed by atoms with Gasteiger partial charge in [-0.2, -0.15) is 8.61 Å². The maximum absolute atomic E-state index is 13.9. The van der Waals surface area contributed by atoms with Gasteiger partial charge in [0.2, 0.25) is 20.0 Å². The van der Waals surface area contributed by atoms with Crippen LogP contribution in [0.4, 0.5) is 4.39 Å². The molecule has 0 radical (unpaired) electrons. The largest absolute Gasteiger partial charge is 0.497 e. The lowest BCUT2D eigenvalue weighted by atomic mass is 10.0. The SMILES string of the molecule is COc1ccc(S(=O)(=O)N(C)C[C@H]2Oc3cc(-c4cccc(F)c4)ccc3S(=O)(=O)N([C@H](C)CO)C[C@@H]2C)cc1. The van der Waals surface area contributed by atoms with E-state index in [0.717, 1.165) is 0 Å². The molecular weight excluding hydrogens is 559 g/mol. The average Bonchev–Trinajstić information content (AvgIpc) is 2.94. The number of sulfonamides is 2. The zero-order chi connectivity index (χ0) is 29.2. The smallest absolute Gasteiger partial charge is 0.247 e. The first kappa shape index (κ1) is 29.9. The van der Waals surface area contributed by atoms with Crippen LogP contribution in [0.3, 0.4) is 0 Å². The quantitative estimate of drug-likeness (QED) is 0.425. The van der Waals surface area contributed by atoms with Crippen LogP contribution < -0.4 is 9.47 Å². The van der Waals surface area contributed by atoms with E-state index < -0.39 is 50.5 Å². The molecule has 0 fully saturated rings. The van der Waals surface area contributed by atoms with Crippen molar-refractivity contribution < 1.29 is 35.8 Å². The second kappa shape index (κ2) is 11.8. The van der Waals surface area contributed by atoms with E-state index in [4.69, 9.17) is 9.47 Å². The fraction of sp³-hybridized carbons (Fsp3) is 0.357. The van der Waals surface area contributed by atoms with Crippen molar-refractivity contribution in [3.63, 3.8) is 0 Å². The van der Waals surface area contributed by atoms with E-state index in [9.17, 15) is 26.3 Å². The van der Waals surface area contributed by atoms with E-state index in [1.165, 1.54) is 59.2 Å².